The van der Waals surface area contributed by atoms with Crippen molar-refractivity contribution < 1.29 is 23.9 Å². The summed E-state index contributed by atoms with van der Waals surface area (Å²) in [5.41, 5.74) is 0.888. The molecule has 2 N–H and O–H groups in total. The van der Waals surface area contributed by atoms with Crippen LogP contribution in [0.4, 0.5) is 4.39 Å². The van der Waals surface area contributed by atoms with Gasteiger partial charge in [0.05, 0.1) is 16.9 Å². The number of halogens is 1. The van der Waals surface area contributed by atoms with Crippen molar-refractivity contribution in [2.24, 2.45) is 35.5 Å². The fraction of sp³-hybridized carbons (Fsp3) is 0.520. The third kappa shape index (κ3) is 3.28. The third-order valence-corrected chi connectivity index (χ3v) is 10.9. The molecule has 1 aromatic carbocycles. The van der Waals surface area contributed by atoms with Crippen LogP contribution in [0.25, 0.3) is 0 Å². The number of likely N-dealkylation sites (tertiary alicyclic amines) is 1. The molecule has 3 fully saturated rings. The number of aromatic amines is 1. The van der Waals surface area contributed by atoms with Crippen LogP contribution >= 0.6 is 23.1 Å². The maximum Gasteiger partial charge on any atom is 0.326 e. The summed E-state index contributed by atoms with van der Waals surface area (Å²) < 4.78 is 13.7. The SMILES string of the molecule is CC(C)C[C@H](C(=O)O)N1C(=O)[C@@H]2[C@H]3C[C@@H]([C@@H]2C1=O)[C@@H]1[C@H](c2ccc(F)cc2)c2sc(=O)[nH]c2S[C@@H]31. The lowest BCUT2D eigenvalue weighted by Gasteiger charge is -2.43. The summed E-state index contributed by atoms with van der Waals surface area (Å²) in [6.07, 6.45) is 0.946. The number of imide groups is 1. The maximum atomic E-state index is 13.7. The zero-order valence-electron chi connectivity index (χ0n) is 19.1. The number of hydrogen-bond donors (Lipinski definition) is 2. The number of nitrogens with zero attached hydrogens (tertiary/aromatic N) is 1. The molecule has 184 valence electrons. The van der Waals surface area contributed by atoms with Crippen LogP contribution in [0.15, 0.2) is 34.1 Å². The highest BCUT2D eigenvalue weighted by atomic mass is 32.2. The molecule has 35 heavy (non-hydrogen) atoms. The fourth-order valence-corrected chi connectivity index (χ4v) is 10.0. The Morgan fingerprint density at radius 1 is 1.14 bits per heavy atom. The van der Waals surface area contributed by atoms with Crippen LogP contribution < -0.4 is 4.87 Å². The maximum absolute atomic E-state index is 13.7. The molecule has 0 spiro atoms. The molecule has 8 atom stereocenters. The Bertz CT molecular complexity index is 1290. The van der Waals surface area contributed by atoms with Gasteiger partial charge >= 0.3 is 10.8 Å². The Balaban J connectivity index is 1.42. The minimum atomic E-state index is -1.15. The number of carboxylic acid groups (broad SMARTS) is 1. The summed E-state index contributed by atoms with van der Waals surface area (Å²) in [4.78, 5) is 56.3. The van der Waals surface area contributed by atoms with E-state index in [9.17, 15) is 28.7 Å². The number of thioether (sulfide) groups is 1. The zero-order chi connectivity index (χ0) is 24.8. The second-order valence-corrected chi connectivity index (χ2v) is 12.7. The van der Waals surface area contributed by atoms with Crippen LogP contribution in [0.5, 0.6) is 0 Å². The number of aliphatic carboxylic acids is 1. The number of H-pyrrole nitrogens is 1. The van der Waals surface area contributed by atoms with Crippen molar-refractivity contribution in [3.63, 3.8) is 0 Å². The third-order valence-electron chi connectivity index (χ3n) is 8.28. The standard InChI is InChI=1S/C25H25FN2O5S2/c1-9(2)7-14(24(31)32)28-22(29)17-12-8-13(18(17)23(28)30)19-16(12)15(10-3-5-11(26)6-4-10)20-21(34-19)27-25(33)35-20/h3-6,9,12-19H,7-8H2,1-2H3,(H,27,33)(H,31,32)/t12-,13-,14-,15+,16-,17+,18-,19+/m1/s1. The molecule has 2 aliphatic carbocycles. The highest BCUT2D eigenvalue weighted by Gasteiger charge is 2.70. The summed E-state index contributed by atoms with van der Waals surface area (Å²) in [5, 5.41) is 10.7. The van der Waals surface area contributed by atoms with E-state index >= 15 is 0 Å². The number of rotatable bonds is 5. The van der Waals surface area contributed by atoms with E-state index in [1.54, 1.807) is 23.9 Å². The highest BCUT2D eigenvalue weighted by Crippen LogP contribution is 2.68. The van der Waals surface area contributed by atoms with E-state index in [0.29, 0.717) is 0 Å². The highest BCUT2D eigenvalue weighted by molar-refractivity contribution is 8.00. The number of carbonyl (C=O) groups is 3. The number of amides is 2. The molecule has 6 rings (SSSR count). The average Bonchev–Trinajstić information content (AvgIpc) is 3.52. The molecule has 2 aliphatic heterocycles. The molecule has 2 amide bonds. The van der Waals surface area contributed by atoms with Crippen molar-refractivity contribution in [3.8, 4) is 0 Å². The zero-order valence-corrected chi connectivity index (χ0v) is 20.8. The van der Waals surface area contributed by atoms with Crippen LogP contribution in [0.1, 0.15) is 43.0 Å². The van der Waals surface area contributed by atoms with Crippen LogP contribution in [-0.2, 0) is 14.4 Å². The quantitative estimate of drug-likeness (QED) is 0.589. The van der Waals surface area contributed by atoms with E-state index < -0.39 is 23.8 Å². The monoisotopic (exact) mass is 516 g/mol. The van der Waals surface area contributed by atoms with Gasteiger partial charge in [0.1, 0.15) is 11.9 Å². The van der Waals surface area contributed by atoms with Gasteiger partial charge in [0.15, 0.2) is 0 Å². The molecule has 0 unspecified atom stereocenters. The van der Waals surface area contributed by atoms with Crippen LogP contribution in [0.2, 0.25) is 0 Å². The molecular weight excluding hydrogens is 491 g/mol. The normalized spacial score (nSPS) is 33.7. The lowest BCUT2D eigenvalue weighted by Crippen LogP contribution is -2.47. The Morgan fingerprint density at radius 3 is 2.43 bits per heavy atom. The molecular formula is C25H25FN2O5S2. The summed E-state index contributed by atoms with van der Waals surface area (Å²) in [5.74, 6) is -3.61. The minimum absolute atomic E-state index is 0.000683. The van der Waals surface area contributed by atoms with Crippen molar-refractivity contribution in [2.75, 3.05) is 0 Å². The molecule has 7 nitrogen and oxygen atoms in total. The Morgan fingerprint density at radius 2 is 1.80 bits per heavy atom. The molecule has 0 radical (unpaired) electrons. The van der Waals surface area contributed by atoms with Crippen molar-refractivity contribution in [2.45, 2.75) is 48.9 Å². The summed E-state index contributed by atoms with van der Waals surface area (Å²) >= 11 is 2.72. The summed E-state index contributed by atoms with van der Waals surface area (Å²) in [6, 6.07) is 5.14. The first-order chi connectivity index (χ1) is 16.7. The number of benzene rings is 1. The molecule has 1 saturated heterocycles. The Kier molecular flexibility index (Phi) is 5.27. The van der Waals surface area contributed by atoms with Gasteiger partial charge in [0.25, 0.3) is 0 Å². The van der Waals surface area contributed by atoms with E-state index in [-0.39, 0.29) is 63.8 Å². The topological polar surface area (TPSA) is 108 Å². The number of carbonyl (C=O) groups excluding carboxylic acids is 2. The number of fused-ring (bicyclic) bond motifs is 9. The van der Waals surface area contributed by atoms with E-state index in [1.165, 1.54) is 12.1 Å². The molecule has 4 aliphatic rings. The van der Waals surface area contributed by atoms with Gasteiger partial charge in [-0.15, -0.1) is 11.8 Å². The summed E-state index contributed by atoms with van der Waals surface area (Å²) in [6.45, 7) is 3.76. The molecule has 2 aromatic rings. The minimum Gasteiger partial charge on any atom is -0.480 e. The van der Waals surface area contributed by atoms with Gasteiger partial charge in [-0.25, -0.2) is 9.18 Å². The van der Waals surface area contributed by atoms with Gasteiger partial charge in [-0.3, -0.25) is 19.3 Å². The molecule has 3 heterocycles. The van der Waals surface area contributed by atoms with Gasteiger partial charge in [-0.05, 0) is 54.2 Å². The first-order valence-electron chi connectivity index (χ1n) is 11.9. The van der Waals surface area contributed by atoms with Gasteiger partial charge < -0.3 is 10.1 Å². The van der Waals surface area contributed by atoms with E-state index in [1.807, 2.05) is 13.8 Å². The molecule has 2 bridgehead atoms. The Labute approximate surface area is 209 Å². The summed E-state index contributed by atoms with van der Waals surface area (Å²) in [7, 11) is 0. The van der Waals surface area contributed by atoms with Gasteiger partial charge in [-0.1, -0.05) is 37.3 Å². The predicted molar refractivity (Wildman–Crippen MR) is 128 cm³/mol. The van der Waals surface area contributed by atoms with Gasteiger partial charge in [0.2, 0.25) is 11.8 Å². The number of aromatic nitrogens is 1. The second-order valence-electron chi connectivity index (χ2n) is 10.5. The smallest absolute Gasteiger partial charge is 0.326 e. The molecule has 2 saturated carbocycles. The van der Waals surface area contributed by atoms with Gasteiger partial charge in [0, 0.05) is 16.0 Å². The number of carboxylic acids is 1. The van der Waals surface area contributed by atoms with Gasteiger partial charge in [-0.2, -0.15) is 0 Å². The van der Waals surface area contributed by atoms with E-state index in [4.69, 9.17) is 0 Å². The first-order valence-corrected chi connectivity index (χ1v) is 13.6. The fourth-order valence-electron chi connectivity index (χ4n) is 7.15. The van der Waals surface area contributed by atoms with Crippen molar-refractivity contribution in [1.82, 2.24) is 9.88 Å². The molecule has 1 aromatic heterocycles. The van der Waals surface area contributed by atoms with E-state index in [0.717, 1.165) is 38.1 Å². The van der Waals surface area contributed by atoms with E-state index in [2.05, 4.69) is 4.98 Å². The van der Waals surface area contributed by atoms with Crippen LogP contribution in [0, 0.1) is 41.3 Å². The average molecular weight is 517 g/mol. The number of hydrogen-bond acceptors (Lipinski definition) is 6. The second kappa shape index (κ2) is 8.03. The van der Waals surface area contributed by atoms with Crippen molar-refractivity contribution in [1.29, 1.82) is 0 Å². The largest absolute Gasteiger partial charge is 0.480 e. The lowest BCUT2D eigenvalue weighted by molar-refractivity contribution is -0.156. The predicted octanol–water partition coefficient (Wildman–Crippen LogP) is 3.55. The van der Waals surface area contributed by atoms with Crippen LogP contribution in [-0.4, -0.2) is 44.1 Å². The number of thiazole rings is 1. The first kappa shape index (κ1) is 23.0. The van der Waals surface area contributed by atoms with Crippen LogP contribution in [0.3, 0.4) is 0 Å². The number of nitrogens with one attached hydrogen (secondary N) is 1. The Hall–Kier alpha value is -2.46. The van der Waals surface area contributed by atoms with Crippen molar-refractivity contribution in [3.05, 3.63) is 50.2 Å². The molecule has 10 heteroatoms. The van der Waals surface area contributed by atoms with Crippen molar-refractivity contribution >= 4 is 40.9 Å². The lowest BCUT2D eigenvalue weighted by atomic mass is 9.68.